The van der Waals surface area contributed by atoms with Gasteiger partial charge in [0, 0.05) is 10.5 Å². The number of hydrazine groups is 1. The lowest BCUT2D eigenvalue weighted by molar-refractivity contribution is 0.414. The molecule has 0 saturated carbocycles. The van der Waals surface area contributed by atoms with Crippen LogP contribution < -0.4 is 16.0 Å². The Morgan fingerprint density at radius 2 is 2.05 bits per heavy atom. The molecular weight excluding hydrogens is 316 g/mol. The van der Waals surface area contributed by atoms with Gasteiger partial charge >= 0.3 is 0 Å². The minimum atomic E-state index is 0.0777. The SMILES string of the molecule is COc1cccc(CC(NN)c2ccc(Br)c(C)c2)c1. The molecule has 1 atom stereocenters. The van der Waals surface area contributed by atoms with Crippen LogP contribution in [-0.4, -0.2) is 7.11 Å². The first-order chi connectivity index (χ1) is 9.63. The maximum Gasteiger partial charge on any atom is 0.119 e. The summed E-state index contributed by atoms with van der Waals surface area (Å²) < 4.78 is 6.36. The molecule has 0 fully saturated rings. The van der Waals surface area contributed by atoms with Crippen molar-refractivity contribution in [2.45, 2.75) is 19.4 Å². The van der Waals surface area contributed by atoms with Crippen LogP contribution in [0.2, 0.25) is 0 Å². The Bertz CT molecular complexity index is 586. The van der Waals surface area contributed by atoms with Gasteiger partial charge in [-0.2, -0.15) is 0 Å². The Labute approximate surface area is 128 Å². The molecular formula is C16H19BrN2O. The van der Waals surface area contributed by atoms with E-state index < -0.39 is 0 Å². The highest BCUT2D eigenvalue weighted by Gasteiger charge is 2.12. The lowest BCUT2D eigenvalue weighted by Crippen LogP contribution is -2.29. The van der Waals surface area contributed by atoms with Crippen LogP contribution in [0.4, 0.5) is 0 Å². The van der Waals surface area contributed by atoms with Gasteiger partial charge in [-0.05, 0) is 48.2 Å². The van der Waals surface area contributed by atoms with E-state index >= 15 is 0 Å². The molecule has 0 aromatic heterocycles. The molecule has 0 bridgehead atoms. The molecule has 0 aliphatic rings. The molecule has 0 amide bonds. The summed E-state index contributed by atoms with van der Waals surface area (Å²) in [7, 11) is 1.68. The summed E-state index contributed by atoms with van der Waals surface area (Å²) in [6.07, 6.45) is 0.814. The molecule has 4 heteroatoms. The highest BCUT2D eigenvalue weighted by molar-refractivity contribution is 9.10. The fourth-order valence-electron chi connectivity index (χ4n) is 2.19. The lowest BCUT2D eigenvalue weighted by Gasteiger charge is -2.18. The largest absolute Gasteiger partial charge is 0.497 e. The molecule has 0 spiro atoms. The summed E-state index contributed by atoms with van der Waals surface area (Å²) in [5.74, 6) is 6.58. The number of aryl methyl sites for hydroxylation is 1. The van der Waals surface area contributed by atoms with Gasteiger partial charge in [-0.15, -0.1) is 0 Å². The standard InChI is InChI=1S/C16H19BrN2O/c1-11-8-13(6-7-15(11)17)16(19-18)10-12-4-3-5-14(9-12)20-2/h3-9,16,19H,10,18H2,1-2H3. The van der Waals surface area contributed by atoms with Gasteiger partial charge in [0.2, 0.25) is 0 Å². The molecule has 2 rings (SSSR count). The van der Waals surface area contributed by atoms with Crippen LogP contribution in [0, 0.1) is 6.92 Å². The normalized spacial score (nSPS) is 12.2. The quantitative estimate of drug-likeness (QED) is 0.649. The van der Waals surface area contributed by atoms with Crippen LogP contribution in [0.15, 0.2) is 46.9 Å². The minimum absolute atomic E-state index is 0.0777. The molecule has 1 unspecified atom stereocenters. The zero-order chi connectivity index (χ0) is 14.5. The van der Waals surface area contributed by atoms with Gasteiger partial charge in [-0.1, -0.05) is 40.2 Å². The van der Waals surface area contributed by atoms with Crippen molar-refractivity contribution >= 4 is 15.9 Å². The van der Waals surface area contributed by atoms with E-state index in [0.29, 0.717) is 0 Å². The first-order valence-corrected chi connectivity index (χ1v) is 7.28. The second-order valence-corrected chi connectivity index (χ2v) is 5.64. The van der Waals surface area contributed by atoms with Crippen LogP contribution in [-0.2, 0) is 6.42 Å². The highest BCUT2D eigenvalue weighted by atomic mass is 79.9. The van der Waals surface area contributed by atoms with Gasteiger partial charge in [0.15, 0.2) is 0 Å². The van der Waals surface area contributed by atoms with Crippen LogP contribution in [0.1, 0.15) is 22.7 Å². The second kappa shape index (κ2) is 6.88. The van der Waals surface area contributed by atoms with Gasteiger partial charge in [-0.25, -0.2) is 0 Å². The Hall–Kier alpha value is -1.36. The summed E-state index contributed by atoms with van der Waals surface area (Å²) in [4.78, 5) is 0. The molecule has 2 aromatic rings. The smallest absolute Gasteiger partial charge is 0.119 e. The average molecular weight is 335 g/mol. The second-order valence-electron chi connectivity index (χ2n) is 4.78. The van der Waals surface area contributed by atoms with E-state index in [2.05, 4.69) is 52.5 Å². The van der Waals surface area contributed by atoms with Crippen molar-refractivity contribution in [2.24, 2.45) is 5.84 Å². The van der Waals surface area contributed by atoms with E-state index in [9.17, 15) is 0 Å². The number of nitrogens with one attached hydrogen (secondary N) is 1. The number of ether oxygens (including phenoxy) is 1. The van der Waals surface area contributed by atoms with E-state index in [1.165, 1.54) is 16.7 Å². The van der Waals surface area contributed by atoms with Crippen molar-refractivity contribution in [2.75, 3.05) is 7.11 Å². The summed E-state index contributed by atoms with van der Waals surface area (Å²) in [6.45, 7) is 2.08. The zero-order valence-corrected chi connectivity index (χ0v) is 13.3. The summed E-state index contributed by atoms with van der Waals surface area (Å²) in [5.41, 5.74) is 6.46. The van der Waals surface area contributed by atoms with E-state index in [1.807, 2.05) is 18.2 Å². The Morgan fingerprint density at radius 1 is 1.25 bits per heavy atom. The number of nitrogens with two attached hydrogens (primary N) is 1. The summed E-state index contributed by atoms with van der Waals surface area (Å²) in [6, 6.07) is 14.4. The molecule has 0 aliphatic heterocycles. The first-order valence-electron chi connectivity index (χ1n) is 6.49. The molecule has 0 radical (unpaired) electrons. The third-order valence-corrected chi connectivity index (χ3v) is 4.25. The average Bonchev–Trinajstić information content (AvgIpc) is 2.48. The van der Waals surface area contributed by atoms with Crippen LogP contribution in [0.5, 0.6) is 5.75 Å². The van der Waals surface area contributed by atoms with E-state index in [4.69, 9.17) is 10.6 Å². The number of hydrogen-bond acceptors (Lipinski definition) is 3. The molecule has 106 valence electrons. The molecule has 0 saturated heterocycles. The fraction of sp³-hybridized carbons (Fsp3) is 0.250. The highest BCUT2D eigenvalue weighted by Crippen LogP contribution is 2.24. The lowest BCUT2D eigenvalue weighted by atomic mass is 9.98. The van der Waals surface area contributed by atoms with Crippen molar-refractivity contribution in [3.63, 3.8) is 0 Å². The number of rotatable bonds is 5. The van der Waals surface area contributed by atoms with Gasteiger partial charge in [0.05, 0.1) is 7.11 Å². The molecule has 3 N–H and O–H groups in total. The molecule has 3 nitrogen and oxygen atoms in total. The van der Waals surface area contributed by atoms with Crippen molar-refractivity contribution in [3.05, 3.63) is 63.6 Å². The number of benzene rings is 2. The first kappa shape index (κ1) is 15.0. The van der Waals surface area contributed by atoms with Crippen molar-refractivity contribution < 1.29 is 4.74 Å². The van der Waals surface area contributed by atoms with Gasteiger partial charge in [0.1, 0.15) is 5.75 Å². The Kier molecular flexibility index (Phi) is 5.17. The Morgan fingerprint density at radius 3 is 2.70 bits per heavy atom. The maximum atomic E-state index is 5.72. The van der Waals surface area contributed by atoms with Gasteiger partial charge < -0.3 is 4.74 Å². The van der Waals surface area contributed by atoms with Crippen molar-refractivity contribution in [1.82, 2.24) is 5.43 Å². The predicted molar refractivity (Wildman–Crippen MR) is 85.6 cm³/mol. The molecule has 2 aromatic carbocycles. The summed E-state index contributed by atoms with van der Waals surface area (Å²) in [5, 5.41) is 0. The summed E-state index contributed by atoms with van der Waals surface area (Å²) >= 11 is 3.52. The van der Waals surface area contributed by atoms with E-state index in [0.717, 1.165) is 16.6 Å². The van der Waals surface area contributed by atoms with Gasteiger partial charge in [-0.3, -0.25) is 11.3 Å². The van der Waals surface area contributed by atoms with E-state index in [1.54, 1.807) is 7.11 Å². The third-order valence-electron chi connectivity index (χ3n) is 3.36. The van der Waals surface area contributed by atoms with Crippen LogP contribution >= 0.6 is 15.9 Å². The topological polar surface area (TPSA) is 47.3 Å². The molecule has 0 heterocycles. The number of methoxy groups -OCH3 is 1. The predicted octanol–water partition coefficient (Wildman–Crippen LogP) is 3.51. The van der Waals surface area contributed by atoms with E-state index in [-0.39, 0.29) is 6.04 Å². The molecule has 20 heavy (non-hydrogen) atoms. The zero-order valence-electron chi connectivity index (χ0n) is 11.7. The fourth-order valence-corrected chi connectivity index (χ4v) is 2.44. The van der Waals surface area contributed by atoms with Crippen LogP contribution in [0.3, 0.4) is 0 Å². The Balaban J connectivity index is 2.21. The van der Waals surface area contributed by atoms with Crippen LogP contribution in [0.25, 0.3) is 0 Å². The monoisotopic (exact) mass is 334 g/mol. The third kappa shape index (κ3) is 3.60. The number of halogens is 1. The van der Waals surface area contributed by atoms with Crippen molar-refractivity contribution in [1.29, 1.82) is 0 Å². The molecule has 0 aliphatic carbocycles. The van der Waals surface area contributed by atoms with Crippen molar-refractivity contribution in [3.8, 4) is 5.75 Å². The number of hydrogen-bond donors (Lipinski definition) is 2. The minimum Gasteiger partial charge on any atom is -0.497 e. The van der Waals surface area contributed by atoms with Gasteiger partial charge in [0.25, 0.3) is 0 Å². The maximum absolute atomic E-state index is 5.72.